The van der Waals surface area contributed by atoms with Gasteiger partial charge < -0.3 is 15.9 Å². The van der Waals surface area contributed by atoms with Crippen molar-refractivity contribution in [3.05, 3.63) is 23.8 Å². The summed E-state index contributed by atoms with van der Waals surface area (Å²) in [4.78, 5) is 7.21. The van der Waals surface area contributed by atoms with Crippen LogP contribution in [0.25, 0.3) is 11.1 Å². The minimum absolute atomic E-state index is 0.0415. The van der Waals surface area contributed by atoms with E-state index in [2.05, 4.69) is 9.98 Å². The summed E-state index contributed by atoms with van der Waals surface area (Å²) >= 11 is 0. The van der Waals surface area contributed by atoms with E-state index in [4.69, 9.17) is 15.9 Å². The molecule has 0 spiro atoms. The molecule has 0 aliphatic carbocycles. The van der Waals surface area contributed by atoms with Crippen LogP contribution in [-0.4, -0.2) is 10.9 Å². The van der Waals surface area contributed by atoms with Crippen molar-refractivity contribution >= 4 is 23.1 Å². The average molecular weight is 244 g/mol. The fourth-order valence-corrected chi connectivity index (χ4v) is 1.25. The number of benzene rings is 1. The molecule has 0 unspecified atom stereocenters. The third kappa shape index (κ3) is 2.30. The number of oxazole rings is 1. The second-order valence-corrected chi connectivity index (χ2v) is 3.21. The van der Waals surface area contributed by atoms with Gasteiger partial charge in [-0.05, 0) is 18.2 Å². The summed E-state index contributed by atoms with van der Waals surface area (Å²) in [5.41, 5.74) is 9.60. The highest BCUT2D eigenvalue weighted by atomic mass is 19.4. The van der Waals surface area contributed by atoms with Crippen LogP contribution in [0, 0.1) is 0 Å². The number of nitrogens with two attached hydrogens (primary N) is 2. The monoisotopic (exact) mass is 244 g/mol. The van der Waals surface area contributed by atoms with Crippen molar-refractivity contribution in [3.63, 3.8) is 0 Å². The van der Waals surface area contributed by atoms with Gasteiger partial charge in [-0.25, -0.2) is 0 Å². The van der Waals surface area contributed by atoms with Gasteiger partial charge in [0.05, 0.1) is 5.56 Å². The van der Waals surface area contributed by atoms with Gasteiger partial charge in [-0.2, -0.15) is 23.1 Å². The molecule has 2 rings (SSSR count). The molecule has 8 heteroatoms. The Hall–Kier alpha value is -2.25. The molecule has 0 radical (unpaired) electrons. The van der Waals surface area contributed by atoms with E-state index in [1.807, 2.05) is 0 Å². The third-order valence-corrected chi connectivity index (χ3v) is 1.93. The van der Waals surface area contributed by atoms with Crippen molar-refractivity contribution < 1.29 is 17.6 Å². The number of rotatable bonds is 1. The number of halogens is 3. The zero-order chi connectivity index (χ0) is 12.6. The SMILES string of the molecule is NC(N)=Nc1nc2cc(C(F)(F)F)ccc2o1. The fraction of sp³-hybridized carbons (Fsp3) is 0.111. The molecular weight excluding hydrogens is 237 g/mol. The molecular formula is C9H7F3N4O. The van der Waals surface area contributed by atoms with Crippen LogP contribution in [0.15, 0.2) is 27.6 Å². The number of hydrogen-bond donors (Lipinski definition) is 2. The molecule has 2 aromatic rings. The Morgan fingerprint density at radius 1 is 1.29 bits per heavy atom. The number of fused-ring (bicyclic) bond motifs is 1. The van der Waals surface area contributed by atoms with Crippen molar-refractivity contribution in [1.82, 2.24) is 4.98 Å². The van der Waals surface area contributed by atoms with Crippen molar-refractivity contribution in [3.8, 4) is 0 Å². The summed E-state index contributed by atoms with van der Waals surface area (Å²) in [6.07, 6.45) is -4.43. The van der Waals surface area contributed by atoms with Crippen molar-refractivity contribution in [2.24, 2.45) is 16.5 Å². The Labute approximate surface area is 92.9 Å². The molecule has 1 heterocycles. The fourth-order valence-electron chi connectivity index (χ4n) is 1.25. The smallest absolute Gasteiger partial charge is 0.416 e. The molecule has 0 amide bonds. The van der Waals surface area contributed by atoms with Crippen LogP contribution in [0.2, 0.25) is 0 Å². The molecule has 0 fully saturated rings. The summed E-state index contributed by atoms with van der Waals surface area (Å²) in [6, 6.07) is 2.74. The first-order chi connectivity index (χ1) is 7.86. The number of hydrogen-bond acceptors (Lipinski definition) is 3. The summed E-state index contributed by atoms with van der Waals surface area (Å²) < 4.78 is 42.2. The molecule has 90 valence electrons. The van der Waals surface area contributed by atoms with Crippen molar-refractivity contribution in [2.75, 3.05) is 0 Å². The lowest BCUT2D eigenvalue weighted by atomic mass is 10.2. The predicted molar refractivity (Wildman–Crippen MR) is 54.5 cm³/mol. The number of nitrogens with zero attached hydrogens (tertiary/aromatic N) is 2. The Bertz CT molecular complexity index is 583. The maximum atomic E-state index is 12.4. The van der Waals surface area contributed by atoms with E-state index in [1.165, 1.54) is 0 Å². The van der Waals surface area contributed by atoms with Gasteiger partial charge in [-0.15, -0.1) is 0 Å². The van der Waals surface area contributed by atoms with Crippen LogP contribution in [0.3, 0.4) is 0 Å². The molecule has 1 aromatic heterocycles. The summed E-state index contributed by atoms with van der Waals surface area (Å²) in [6.45, 7) is 0. The Morgan fingerprint density at radius 2 is 2.00 bits per heavy atom. The third-order valence-electron chi connectivity index (χ3n) is 1.93. The largest absolute Gasteiger partial charge is 0.422 e. The first kappa shape index (κ1) is 11.2. The molecule has 0 saturated heterocycles. The lowest BCUT2D eigenvalue weighted by Crippen LogP contribution is -2.21. The van der Waals surface area contributed by atoms with E-state index >= 15 is 0 Å². The van der Waals surface area contributed by atoms with Gasteiger partial charge in [0.25, 0.3) is 0 Å². The summed E-state index contributed by atoms with van der Waals surface area (Å²) in [5, 5.41) is 0. The van der Waals surface area contributed by atoms with Gasteiger partial charge in [0.2, 0.25) is 0 Å². The van der Waals surface area contributed by atoms with Gasteiger partial charge in [0, 0.05) is 0 Å². The number of guanidine groups is 1. The van der Waals surface area contributed by atoms with Crippen molar-refractivity contribution in [1.29, 1.82) is 0 Å². The number of aromatic nitrogens is 1. The van der Waals surface area contributed by atoms with Gasteiger partial charge in [-0.1, -0.05) is 0 Å². The molecule has 4 N–H and O–H groups in total. The standard InChI is InChI=1S/C9H7F3N4O/c10-9(11,12)4-1-2-6-5(3-4)15-8(17-6)16-7(13)14/h1-3H,(H4,13,14,15,16). The van der Waals surface area contributed by atoms with Crippen LogP contribution in [-0.2, 0) is 6.18 Å². The van der Waals surface area contributed by atoms with E-state index in [0.29, 0.717) is 0 Å². The van der Waals surface area contributed by atoms with Gasteiger partial charge in [-0.3, -0.25) is 0 Å². The van der Waals surface area contributed by atoms with E-state index < -0.39 is 11.7 Å². The summed E-state index contributed by atoms with van der Waals surface area (Å²) in [7, 11) is 0. The Kier molecular flexibility index (Phi) is 2.41. The number of alkyl halides is 3. The topological polar surface area (TPSA) is 90.4 Å². The highest BCUT2D eigenvalue weighted by Crippen LogP contribution is 2.32. The molecule has 1 aromatic carbocycles. The normalized spacial score (nSPS) is 11.7. The maximum Gasteiger partial charge on any atom is 0.416 e. The Morgan fingerprint density at radius 3 is 2.59 bits per heavy atom. The highest BCUT2D eigenvalue weighted by Gasteiger charge is 2.30. The molecule has 0 bridgehead atoms. The van der Waals surface area contributed by atoms with E-state index in [1.54, 1.807) is 0 Å². The molecule has 17 heavy (non-hydrogen) atoms. The zero-order valence-electron chi connectivity index (χ0n) is 8.32. The predicted octanol–water partition coefficient (Wildman–Crippen LogP) is 1.75. The molecule has 0 saturated carbocycles. The first-order valence-electron chi connectivity index (χ1n) is 4.44. The maximum absolute atomic E-state index is 12.4. The first-order valence-corrected chi connectivity index (χ1v) is 4.44. The van der Waals surface area contributed by atoms with E-state index in [9.17, 15) is 13.2 Å². The summed E-state index contributed by atoms with van der Waals surface area (Å²) in [5.74, 6) is -0.285. The quantitative estimate of drug-likeness (QED) is 0.590. The molecule has 0 atom stereocenters. The minimum Gasteiger partial charge on any atom is -0.422 e. The van der Waals surface area contributed by atoms with Gasteiger partial charge in [0.15, 0.2) is 11.5 Å². The van der Waals surface area contributed by atoms with Crippen LogP contribution in [0.5, 0.6) is 0 Å². The van der Waals surface area contributed by atoms with E-state index in [0.717, 1.165) is 18.2 Å². The average Bonchev–Trinajstić information content (AvgIpc) is 2.55. The van der Waals surface area contributed by atoms with Crippen LogP contribution in [0.1, 0.15) is 5.56 Å². The molecule has 5 nitrogen and oxygen atoms in total. The lowest BCUT2D eigenvalue weighted by molar-refractivity contribution is -0.137. The zero-order valence-corrected chi connectivity index (χ0v) is 8.32. The number of aliphatic imine (C=N–C) groups is 1. The molecule has 0 aliphatic heterocycles. The van der Waals surface area contributed by atoms with Crippen LogP contribution >= 0.6 is 0 Å². The van der Waals surface area contributed by atoms with Crippen molar-refractivity contribution in [2.45, 2.75) is 6.18 Å². The molecule has 0 aliphatic rings. The van der Waals surface area contributed by atoms with E-state index in [-0.39, 0.29) is 23.1 Å². The Balaban J connectivity index is 2.52. The lowest BCUT2D eigenvalue weighted by Gasteiger charge is -2.04. The van der Waals surface area contributed by atoms with Gasteiger partial charge in [0.1, 0.15) is 5.52 Å². The minimum atomic E-state index is -4.43. The van der Waals surface area contributed by atoms with Gasteiger partial charge >= 0.3 is 12.2 Å². The van der Waals surface area contributed by atoms with Crippen LogP contribution < -0.4 is 11.5 Å². The second kappa shape index (κ2) is 3.65. The highest BCUT2D eigenvalue weighted by molar-refractivity contribution is 5.80. The second-order valence-electron chi connectivity index (χ2n) is 3.21. The van der Waals surface area contributed by atoms with Crippen LogP contribution in [0.4, 0.5) is 19.2 Å².